The van der Waals surface area contributed by atoms with Gasteiger partial charge >= 0.3 is 0 Å². The summed E-state index contributed by atoms with van der Waals surface area (Å²) in [5.74, 6) is 1.63. The smallest absolute Gasteiger partial charge is 0.141 e. The van der Waals surface area contributed by atoms with Crippen LogP contribution < -0.4 is 11.0 Å². The standard InChI is InChI=1S/C14H16N6/c15-7-9-1-3-10(4-2-9)12-13-11-5-6-16-14(11)17-8-20(13)19-18-12/h5-6,8-10,16,18-19H,1-4H2. The molecule has 0 aromatic carbocycles. The Morgan fingerprint density at radius 2 is 2.15 bits per heavy atom. The fourth-order valence-corrected chi connectivity index (χ4v) is 3.31. The first-order valence-corrected chi connectivity index (χ1v) is 7.03. The van der Waals surface area contributed by atoms with E-state index in [1.54, 1.807) is 6.34 Å². The van der Waals surface area contributed by atoms with Crippen molar-refractivity contribution >= 4 is 17.9 Å². The Morgan fingerprint density at radius 3 is 2.95 bits per heavy atom. The lowest BCUT2D eigenvalue weighted by Crippen LogP contribution is -2.38. The van der Waals surface area contributed by atoms with Gasteiger partial charge in [-0.25, -0.2) is 10.0 Å². The van der Waals surface area contributed by atoms with Crippen molar-refractivity contribution in [3.8, 4) is 6.07 Å². The first kappa shape index (κ1) is 11.6. The number of allylic oxidation sites excluding steroid dienone is 1. The summed E-state index contributed by atoms with van der Waals surface area (Å²) in [4.78, 5) is 7.52. The van der Waals surface area contributed by atoms with Crippen LogP contribution in [0, 0.1) is 23.2 Å². The largest absolute Gasteiger partial charge is 0.346 e. The van der Waals surface area contributed by atoms with E-state index in [0.29, 0.717) is 5.92 Å². The first-order valence-electron chi connectivity index (χ1n) is 7.03. The summed E-state index contributed by atoms with van der Waals surface area (Å²) >= 11 is 0. The van der Waals surface area contributed by atoms with Gasteiger partial charge in [0.15, 0.2) is 0 Å². The Bertz CT molecular complexity index is 626. The van der Waals surface area contributed by atoms with Gasteiger partial charge in [-0.15, -0.1) is 5.53 Å². The van der Waals surface area contributed by atoms with Crippen LogP contribution in [-0.2, 0) is 0 Å². The van der Waals surface area contributed by atoms with E-state index in [2.05, 4.69) is 33.1 Å². The van der Waals surface area contributed by atoms with Crippen LogP contribution in [-0.4, -0.2) is 16.3 Å². The molecule has 1 saturated carbocycles. The van der Waals surface area contributed by atoms with Gasteiger partial charge in [-0.2, -0.15) is 5.26 Å². The highest BCUT2D eigenvalue weighted by molar-refractivity contribution is 5.87. The molecule has 1 aromatic rings. The Kier molecular flexibility index (Phi) is 2.54. The third-order valence-corrected chi connectivity index (χ3v) is 4.41. The number of hydrazine groups is 2. The molecule has 20 heavy (non-hydrogen) atoms. The van der Waals surface area contributed by atoms with Gasteiger partial charge in [-0.1, -0.05) is 0 Å². The average molecular weight is 268 g/mol. The Morgan fingerprint density at radius 1 is 1.30 bits per heavy atom. The number of hydrogen-bond acceptors (Lipinski definition) is 5. The van der Waals surface area contributed by atoms with E-state index < -0.39 is 0 Å². The van der Waals surface area contributed by atoms with Gasteiger partial charge in [-0.3, -0.25) is 0 Å². The SMILES string of the molecule is N#CC1CCC(C2=C3c4cc[nH]c4N=CN3NN2)CC1. The van der Waals surface area contributed by atoms with E-state index in [1.807, 2.05) is 11.2 Å². The van der Waals surface area contributed by atoms with Gasteiger partial charge in [-0.05, 0) is 31.7 Å². The van der Waals surface area contributed by atoms with Crippen molar-refractivity contribution in [2.75, 3.05) is 0 Å². The number of nitriles is 1. The lowest BCUT2D eigenvalue weighted by Gasteiger charge is -2.26. The Labute approximate surface area is 117 Å². The van der Waals surface area contributed by atoms with Gasteiger partial charge < -0.3 is 10.4 Å². The molecule has 0 amide bonds. The van der Waals surface area contributed by atoms with Crippen molar-refractivity contribution in [3.05, 3.63) is 23.5 Å². The zero-order valence-electron chi connectivity index (χ0n) is 11.1. The molecule has 1 aromatic heterocycles. The number of rotatable bonds is 1. The molecular formula is C14H16N6. The van der Waals surface area contributed by atoms with Crippen LogP contribution in [0.15, 0.2) is 23.0 Å². The maximum Gasteiger partial charge on any atom is 0.141 e. The highest BCUT2D eigenvalue weighted by atomic mass is 15.7. The number of aromatic amines is 1. The predicted octanol–water partition coefficient (Wildman–Crippen LogP) is 2.01. The van der Waals surface area contributed by atoms with Crippen LogP contribution in [0.25, 0.3) is 5.70 Å². The fraction of sp³-hybridized carbons (Fsp3) is 0.429. The summed E-state index contributed by atoms with van der Waals surface area (Å²) < 4.78 is 0. The zero-order valence-corrected chi connectivity index (χ0v) is 11.1. The maximum atomic E-state index is 9.01. The van der Waals surface area contributed by atoms with Crippen molar-refractivity contribution in [1.82, 2.24) is 21.0 Å². The first-order chi connectivity index (χ1) is 9.86. The minimum Gasteiger partial charge on any atom is -0.346 e. The molecule has 2 aliphatic heterocycles. The van der Waals surface area contributed by atoms with E-state index in [4.69, 9.17) is 5.26 Å². The molecular weight excluding hydrogens is 252 g/mol. The Balaban J connectivity index is 1.67. The summed E-state index contributed by atoms with van der Waals surface area (Å²) in [5.41, 5.74) is 9.96. The van der Waals surface area contributed by atoms with E-state index in [9.17, 15) is 0 Å². The third kappa shape index (κ3) is 1.63. The molecule has 6 nitrogen and oxygen atoms in total. The zero-order chi connectivity index (χ0) is 13.5. The van der Waals surface area contributed by atoms with Crippen LogP contribution in [0.4, 0.5) is 5.82 Å². The quantitative estimate of drug-likeness (QED) is 0.728. The number of H-pyrrole nitrogens is 1. The number of nitrogens with one attached hydrogen (secondary N) is 3. The molecule has 0 spiro atoms. The van der Waals surface area contributed by atoms with Crippen molar-refractivity contribution < 1.29 is 0 Å². The van der Waals surface area contributed by atoms with Crippen LogP contribution >= 0.6 is 0 Å². The Hall–Kier alpha value is -2.26. The summed E-state index contributed by atoms with van der Waals surface area (Å²) in [7, 11) is 0. The molecule has 0 bridgehead atoms. The monoisotopic (exact) mass is 268 g/mol. The van der Waals surface area contributed by atoms with Crippen molar-refractivity contribution in [2.24, 2.45) is 16.8 Å². The highest BCUT2D eigenvalue weighted by Gasteiger charge is 2.33. The molecule has 1 fully saturated rings. The second kappa shape index (κ2) is 4.39. The molecule has 0 unspecified atom stereocenters. The van der Waals surface area contributed by atoms with Crippen molar-refractivity contribution in [3.63, 3.8) is 0 Å². The summed E-state index contributed by atoms with van der Waals surface area (Å²) in [5, 5.41) is 10.9. The number of hydrogen-bond donors (Lipinski definition) is 3. The molecule has 1 aliphatic carbocycles. The van der Waals surface area contributed by atoms with Crippen molar-refractivity contribution in [1.29, 1.82) is 5.26 Å². The van der Waals surface area contributed by atoms with E-state index in [-0.39, 0.29) is 5.92 Å². The average Bonchev–Trinajstić information content (AvgIpc) is 3.13. The number of fused-ring (bicyclic) bond motifs is 3. The molecule has 0 atom stereocenters. The normalized spacial score (nSPS) is 27.9. The summed E-state index contributed by atoms with van der Waals surface area (Å²) in [6.07, 6.45) is 7.82. The molecule has 102 valence electrons. The fourth-order valence-electron chi connectivity index (χ4n) is 3.31. The van der Waals surface area contributed by atoms with E-state index in [1.165, 1.54) is 5.70 Å². The predicted molar refractivity (Wildman–Crippen MR) is 75.0 cm³/mol. The number of nitrogens with zero attached hydrogens (tertiary/aromatic N) is 3. The lowest BCUT2D eigenvalue weighted by atomic mass is 9.80. The minimum absolute atomic E-state index is 0.234. The molecule has 3 heterocycles. The van der Waals surface area contributed by atoms with Crippen LogP contribution in [0.3, 0.4) is 0 Å². The summed E-state index contributed by atoms with van der Waals surface area (Å²) in [6.45, 7) is 0. The third-order valence-electron chi connectivity index (χ3n) is 4.41. The summed E-state index contributed by atoms with van der Waals surface area (Å²) in [6, 6.07) is 4.45. The van der Waals surface area contributed by atoms with E-state index in [0.717, 1.165) is 42.8 Å². The van der Waals surface area contributed by atoms with Gasteiger partial charge in [0, 0.05) is 23.6 Å². The molecule has 3 N–H and O–H groups in total. The van der Waals surface area contributed by atoms with Gasteiger partial charge in [0.25, 0.3) is 0 Å². The van der Waals surface area contributed by atoms with Gasteiger partial charge in [0.05, 0.1) is 17.5 Å². The molecule has 3 aliphatic rings. The number of aromatic nitrogens is 1. The molecule has 0 radical (unpaired) electrons. The van der Waals surface area contributed by atoms with Crippen LogP contribution in [0.5, 0.6) is 0 Å². The topological polar surface area (TPSA) is 79.2 Å². The molecule has 0 saturated heterocycles. The lowest BCUT2D eigenvalue weighted by molar-refractivity contribution is 0.330. The van der Waals surface area contributed by atoms with Gasteiger partial charge in [0.1, 0.15) is 12.2 Å². The maximum absolute atomic E-state index is 9.01. The second-order valence-electron chi connectivity index (χ2n) is 5.53. The van der Waals surface area contributed by atoms with Crippen molar-refractivity contribution in [2.45, 2.75) is 25.7 Å². The number of aliphatic imine (C=N–C) groups is 1. The molecule has 6 heteroatoms. The second-order valence-corrected chi connectivity index (χ2v) is 5.53. The van der Waals surface area contributed by atoms with E-state index >= 15 is 0 Å². The molecule has 4 rings (SSSR count). The highest BCUT2D eigenvalue weighted by Crippen LogP contribution is 2.40. The van der Waals surface area contributed by atoms with Crippen LogP contribution in [0.2, 0.25) is 0 Å². The minimum atomic E-state index is 0.234. The van der Waals surface area contributed by atoms with Crippen LogP contribution in [0.1, 0.15) is 31.2 Å². The van der Waals surface area contributed by atoms with Gasteiger partial charge in [0.2, 0.25) is 0 Å².